The molecule has 0 radical (unpaired) electrons. The highest BCUT2D eigenvalue weighted by atomic mass is 16.4. The summed E-state index contributed by atoms with van der Waals surface area (Å²) in [4.78, 5) is 17.2. The molecule has 0 saturated carbocycles. The summed E-state index contributed by atoms with van der Waals surface area (Å²) in [5.74, 6) is 0.778. The van der Waals surface area contributed by atoms with E-state index in [0.717, 1.165) is 38.3 Å². The lowest BCUT2D eigenvalue weighted by Gasteiger charge is -2.33. The topological polar surface area (TPSA) is 58.4 Å². The number of imidazole rings is 1. The first-order valence-electron chi connectivity index (χ1n) is 6.11. The number of anilines is 1. The van der Waals surface area contributed by atoms with Crippen molar-refractivity contribution in [1.82, 2.24) is 9.55 Å². The number of aromatic nitrogens is 2. The van der Waals surface area contributed by atoms with E-state index < -0.39 is 5.97 Å². The van der Waals surface area contributed by atoms with Crippen LogP contribution in [0.2, 0.25) is 0 Å². The van der Waals surface area contributed by atoms with Crippen LogP contribution in [0.25, 0.3) is 0 Å². The van der Waals surface area contributed by atoms with Gasteiger partial charge in [0.15, 0.2) is 0 Å². The van der Waals surface area contributed by atoms with Gasteiger partial charge in [0.2, 0.25) is 5.95 Å². The Balaban J connectivity index is 1.93. The second-order valence-corrected chi connectivity index (χ2v) is 4.72. The van der Waals surface area contributed by atoms with Crippen molar-refractivity contribution in [2.75, 3.05) is 18.0 Å². The molecule has 1 aromatic rings. The van der Waals surface area contributed by atoms with Crippen molar-refractivity contribution < 1.29 is 9.90 Å². The Bertz CT molecular complexity index is 389. The van der Waals surface area contributed by atoms with Crippen molar-refractivity contribution in [3.63, 3.8) is 0 Å². The second kappa shape index (κ2) is 5.21. The van der Waals surface area contributed by atoms with Gasteiger partial charge >= 0.3 is 5.97 Å². The maximum atomic E-state index is 10.6. The van der Waals surface area contributed by atoms with Gasteiger partial charge in [-0.15, -0.1) is 0 Å². The number of aryl methyl sites for hydroxylation is 1. The lowest BCUT2D eigenvalue weighted by molar-refractivity contribution is -0.137. The number of piperidine rings is 1. The molecule has 2 rings (SSSR count). The van der Waals surface area contributed by atoms with Gasteiger partial charge in [0.1, 0.15) is 0 Å². The van der Waals surface area contributed by atoms with E-state index in [0.29, 0.717) is 5.92 Å². The predicted molar refractivity (Wildman–Crippen MR) is 65.0 cm³/mol. The summed E-state index contributed by atoms with van der Waals surface area (Å²) in [5.41, 5.74) is 0. The molecule has 17 heavy (non-hydrogen) atoms. The van der Waals surface area contributed by atoms with Gasteiger partial charge in [-0.1, -0.05) is 0 Å². The van der Waals surface area contributed by atoms with E-state index in [-0.39, 0.29) is 6.42 Å². The highest BCUT2D eigenvalue weighted by Crippen LogP contribution is 2.24. The van der Waals surface area contributed by atoms with Crippen molar-refractivity contribution in [3.8, 4) is 0 Å². The van der Waals surface area contributed by atoms with Crippen LogP contribution in [-0.4, -0.2) is 33.7 Å². The SMILES string of the molecule is Cn1ccnc1N1CCCC(CCC(=O)O)C1. The van der Waals surface area contributed by atoms with Crippen LogP contribution in [0.4, 0.5) is 5.95 Å². The minimum Gasteiger partial charge on any atom is -0.481 e. The largest absolute Gasteiger partial charge is 0.481 e. The molecule has 1 atom stereocenters. The van der Waals surface area contributed by atoms with Gasteiger partial charge in [-0.05, 0) is 25.2 Å². The molecule has 1 unspecified atom stereocenters. The molecule has 94 valence electrons. The maximum absolute atomic E-state index is 10.6. The van der Waals surface area contributed by atoms with E-state index in [9.17, 15) is 4.79 Å². The molecule has 5 nitrogen and oxygen atoms in total. The Morgan fingerprint density at radius 2 is 2.47 bits per heavy atom. The van der Waals surface area contributed by atoms with Gasteiger partial charge in [-0.25, -0.2) is 4.98 Å². The maximum Gasteiger partial charge on any atom is 0.303 e. The highest BCUT2D eigenvalue weighted by Gasteiger charge is 2.22. The van der Waals surface area contributed by atoms with E-state index in [4.69, 9.17) is 5.11 Å². The zero-order valence-corrected chi connectivity index (χ0v) is 10.2. The Kier molecular flexibility index (Phi) is 3.66. The minimum atomic E-state index is -0.695. The summed E-state index contributed by atoms with van der Waals surface area (Å²) in [6, 6.07) is 0. The van der Waals surface area contributed by atoms with E-state index in [1.807, 2.05) is 17.8 Å². The first-order chi connectivity index (χ1) is 8.16. The van der Waals surface area contributed by atoms with E-state index in [2.05, 4.69) is 9.88 Å². The first kappa shape index (κ1) is 12.0. The van der Waals surface area contributed by atoms with Crippen molar-refractivity contribution in [2.45, 2.75) is 25.7 Å². The predicted octanol–water partition coefficient (Wildman–Crippen LogP) is 1.50. The lowest BCUT2D eigenvalue weighted by Crippen LogP contribution is -2.37. The third kappa shape index (κ3) is 2.99. The van der Waals surface area contributed by atoms with Crippen molar-refractivity contribution in [3.05, 3.63) is 12.4 Å². The summed E-state index contributed by atoms with van der Waals surface area (Å²) in [6.07, 6.45) is 7.05. The van der Waals surface area contributed by atoms with Gasteiger partial charge in [0, 0.05) is 39.0 Å². The number of carboxylic acids is 1. The van der Waals surface area contributed by atoms with Crippen LogP contribution in [0.15, 0.2) is 12.4 Å². The van der Waals surface area contributed by atoms with Crippen LogP contribution in [0.5, 0.6) is 0 Å². The molecule has 1 aromatic heterocycles. The summed E-state index contributed by atoms with van der Waals surface area (Å²) >= 11 is 0. The normalized spacial score (nSPS) is 20.5. The second-order valence-electron chi connectivity index (χ2n) is 4.72. The van der Waals surface area contributed by atoms with Crippen LogP contribution >= 0.6 is 0 Å². The van der Waals surface area contributed by atoms with Crippen molar-refractivity contribution in [2.24, 2.45) is 13.0 Å². The average molecular weight is 237 g/mol. The lowest BCUT2D eigenvalue weighted by atomic mass is 9.93. The number of aliphatic carboxylic acids is 1. The molecule has 1 fully saturated rings. The molecular formula is C12H19N3O2. The molecule has 1 N–H and O–H groups in total. The van der Waals surface area contributed by atoms with Crippen molar-refractivity contribution in [1.29, 1.82) is 0 Å². The molecule has 0 aromatic carbocycles. The van der Waals surface area contributed by atoms with Crippen LogP contribution in [0, 0.1) is 5.92 Å². The number of hydrogen-bond donors (Lipinski definition) is 1. The third-order valence-corrected chi connectivity index (χ3v) is 3.36. The third-order valence-electron chi connectivity index (χ3n) is 3.36. The molecule has 1 aliphatic heterocycles. The molecule has 5 heteroatoms. The smallest absolute Gasteiger partial charge is 0.303 e. The van der Waals surface area contributed by atoms with Gasteiger partial charge in [-0.3, -0.25) is 4.79 Å². The molecule has 2 heterocycles. The quantitative estimate of drug-likeness (QED) is 0.862. The fourth-order valence-electron chi connectivity index (χ4n) is 2.47. The number of rotatable bonds is 4. The number of nitrogens with zero attached hydrogens (tertiary/aromatic N) is 3. The van der Waals surface area contributed by atoms with E-state index in [1.165, 1.54) is 0 Å². The molecule has 1 saturated heterocycles. The number of hydrogen-bond acceptors (Lipinski definition) is 3. The van der Waals surface area contributed by atoms with Crippen molar-refractivity contribution >= 4 is 11.9 Å². The Morgan fingerprint density at radius 3 is 3.12 bits per heavy atom. The van der Waals surface area contributed by atoms with Crippen LogP contribution < -0.4 is 4.90 Å². The van der Waals surface area contributed by atoms with Gasteiger partial charge < -0.3 is 14.6 Å². The van der Waals surface area contributed by atoms with E-state index >= 15 is 0 Å². The monoisotopic (exact) mass is 237 g/mol. The summed E-state index contributed by atoms with van der Waals surface area (Å²) < 4.78 is 2.01. The van der Waals surface area contributed by atoms with Crippen LogP contribution in [0.1, 0.15) is 25.7 Å². The Labute approximate surface area is 101 Å². The standard InChI is InChI=1S/C12H19N3O2/c1-14-8-6-13-12(14)15-7-2-3-10(9-15)4-5-11(16)17/h6,8,10H,2-5,7,9H2,1H3,(H,16,17). The van der Waals surface area contributed by atoms with Gasteiger partial charge in [0.25, 0.3) is 0 Å². The van der Waals surface area contributed by atoms with Crippen LogP contribution in [-0.2, 0) is 11.8 Å². The van der Waals surface area contributed by atoms with Gasteiger partial charge in [0.05, 0.1) is 0 Å². The van der Waals surface area contributed by atoms with Crippen LogP contribution in [0.3, 0.4) is 0 Å². The number of carbonyl (C=O) groups is 1. The summed E-state index contributed by atoms with van der Waals surface area (Å²) in [6.45, 7) is 1.95. The summed E-state index contributed by atoms with van der Waals surface area (Å²) in [5, 5.41) is 8.71. The fraction of sp³-hybridized carbons (Fsp3) is 0.667. The zero-order chi connectivity index (χ0) is 12.3. The van der Waals surface area contributed by atoms with Gasteiger partial charge in [-0.2, -0.15) is 0 Å². The molecule has 1 aliphatic rings. The zero-order valence-electron chi connectivity index (χ0n) is 10.2. The fourth-order valence-corrected chi connectivity index (χ4v) is 2.47. The summed E-state index contributed by atoms with van der Waals surface area (Å²) in [7, 11) is 1.99. The average Bonchev–Trinajstić information content (AvgIpc) is 2.73. The molecule has 0 aliphatic carbocycles. The molecule has 0 amide bonds. The Hall–Kier alpha value is -1.52. The first-order valence-corrected chi connectivity index (χ1v) is 6.11. The van der Waals surface area contributed by atoms with E-state index in [1.54, 1.807) is 6.20 Å². The number of carboxylic acid groups (broad SMARTS) is 1. The molecule has 0 bridgehead atoms. The molecule has 0 spiro atoms. The Morgan fingerprint density at radius 1 is 1.65 bits per heavy atom. The molecular weight excluding hydrogens is 218 g/mol. The minimum absolute atomic E-state index is 0.277. The highest BCUT2D eigenvalue weighted by molar-refractivity contribution is 5.66.